The molecule has 0 aromatic carbocycles. The zero-order valence-corrected chi connectivity index (χ0v) is 9.08. The lowest BCUT2D eigenvalue weighted by Crippen LogP contribution is -1.96. The fourth-order valence-corrected chi connectivity index (χ4v) is 1.95. The SMILES string of the molecule is CNc1ncccc1CSc1ncn[nH]1. The van der Waals surface area contributed by atoms with Crippen molar-refractivity contribution < 1.29 is 0 Å². The van der Waals surface area contributed by atoms with Gasteiger partial charge in [-0.1, -0.05) is 17.8 Å². The molecule has 0 radical (unpaired) electrons. The van der Waals surface area contributed by atoms with Crippen LogP contribution in [-0.4, -0.2) is 27.2 Å². The average molecular weight is 221 g/mol. The largest absolute Gasteiger partial charge is 0.373 e. The van der Waals surface area contributed by atoms with Crippen LogP contribution in [0.25, 0.3) is 0 Å². The molecule has 0 fully saturated rings. The van der Waals surface area contributed by atoms with E-state index < -0.39 is 0 Å². The predicted molar refractivity (Wildman–Crippen MR) is 59.7 cm³/mol. The summed E-state index contributed by atoms with van der Waals surface area (Å²) in [6, 6.07) is 3.97. The number of hydrogen-bond acceptors (Lipinski definition) is 5. The van der Waals surface area contributed by atoms with Crippen molar-refractivity contribution in [1.82, 2.24) is 20.2 Å². The Labute approximate surface area is 91.7 Å². The predicted octanol–water partition coefficient (Wildman–Crippen LogP) is 1.53. The number of anilines is 1. The number of pyridine rings is 1. The van der Waals surface area contributed by atoms with Gasteiger partial charge >= 0.3 is 0 Å². The van der Waals surface area contributed by atoms with Crippen molar-refractivity contribution in [3.05, 3.63) is 30.2 Å². The van der Waals surface area contributed by atoms with Gasteiger partial charge in [0.05, 0.1) is 0 Å². The number of H-pyrrole nitrogens is 1. The molecule has 2 N–H and O–H groups in total. The molecule has 0 atom stereocenters. The molecular weight excluding hydrogens is 210 g/mol. The molecule has 0 saturated heterocycles. The van der Waals surface area contributed by atoms with Gasteiger partial charge in [-0.2, -0.15) is 5.10 Å². The molecule has 2 aromatic rings. The third-order valence-electron chi connectivity index (χ3n) is 1.89. The molecular formula is C9H11N5S. The Hall–Kier alpha value is -1.56. The lowest BCUT2D eigenvalue weighted by Gasteiger charge is -2.05. The highest BCUT2D eigenvalue weighted by atomic mass is 32.2. The number of nitrogens with zero attached hydrogens (tertiary/aromatic N) is 3. The summed E-state index contributed by atoms with van der Waals surface area (Å²) < 4.78 is 0. The van der Waals surface area contributed by atoms with Gasteiger partial charge in [-0.15, -0.1) is 0 Å². The first-order valence-corrected chi connectivity index (χ1v) is 5.48. The van der Waals surface area contributed by atoms with Crippen molar-refractivity contribution in [2.75, 3.05) is 12.4 Å². The average Bonchev–Trinajstić information content (AvgIpc) is 2.79. The smallest absolute Gasteiger partial charge is 0.183 e. The molecule has 2 aromatic heterocycles. The van der Waals surface area contributed by atoms with Crippen LogP contribution >= 0.6 is 11.8 Å². The van der Waals surface area contributed by atoms with E-state index in [9.17, 15) is 0 Å². The fraction of sp³-hybridized carbons (Fsp3) is 0.222. The quantitative estimate of drug-likeness (QED) is 0.766. The van der Waals surface area contributed by atoms with Crippen LogP contribution in [-0.2, 0) is 5.75 Å². The van der Waals surface area contributed by atoms with E-state index in [1.807, 2.05) is 19.2 Å². The second-order valence-electron chi connectivity index (χ2n) is 2.84. The molecule has 2 heterocycles. The molecule has 0 aliphatic rings. The zero-order valence-electron chi connectivity index (χ0n) is 8.27. The topological polar surface area (TPSA) is 66.5 Å². The van der Waals surface area contributed by atoms with Crippen LogP contribution in [0.1, 0.15) is 5.56 Å². The van der Waals surface area contributed by atoms with Crippen molar-refractivity contribution >= 4 is 17.6 Å². The third kappa shape index (κ3) is 2.47. The Morgan fingerprint density at radius 2 is 2.40 bits per heavy atom. The lowest BCUT2D eigenvalue weighted by molar-refractivity contribution is 0.972. The maximum atomic E-state index is 4.23. The Kier molecular flexibility index (Phi) is 3.18. The van der Waals surface area contributed by atoms with Crippen molar-refractivity contribution in [2.45, 2.75) is 10.9 Å². The van der Waals surface area contributed by atoms with Gasteiger partial charge in [0, 0.05) is 24.6 Å². The monoisotopic (exact) mass is 221 g/mol. The highest BCUT2D eigenvalue weighted by Gasteiger charge is 2.03. The molecule has 0 amide bonds. The van der Waals surface area contributed by atoms with Gasteiger partial charge in [0.1, 0.15) is 12.1 Å². The second-order valence-corrected chi connectivity index (χ2v) is 3.80. The summed E-state index contributed by atoms with van der Waals surface area (Å²) in [5, 5.41) is 10.5. The minimum absolute atomic E-state index is 0.819. The molecule has 0 bridgehead atoms. The number of hydrogen-bond donors (Lipinski definition) is 2. The standard InChI is InChI=1S/C9H11N5S/c1-10-8-7(3-2-4-11-8)5-15-9-12-6-13-14-9/h2-4,6H,5H2,1H3,(H,10,11)(H,12,13,14). The minimum Gasteiger partial charge on any atom is -0.373 e. The minimum atomic E-state index is 0.819. The summed E-state index contributed by atoms with van der Waals surface area (Å²) in [7, 11) is 1.87. The van der Waals surface area contributed by atoms with Crippen molar-refractivity contribution in [3.8, 4) is 0 Å². The molecule has 15 heavy (non-hydrogen) atoms. The van der Waals surface area contributed by atoms with E-state index in [1.165, 1.54) is 6.33 Å². The van der Waals surface area contributed by atoms with Gasteiger partial charge in [0.15, 0.2) is 5.16 Å². The Morgan fingerprint density at radius 3 is 3.13 bits per heavy atom. The number of thioether (sulfide) groups is 1. The number of aromatic nitrogens is 4. The molecule has 78 valence electrons. The first-order chi connectivity index (χ1) is 7.40. The maximum absolute atomic E-state index is 4.23. The van der Waals surface area contributed by atoms with E-state index in [4.69, 9.17) is 0 Å². The van der Waals surface area contributed by atoms with E-state index in [1.54, 1.807) is 18.0 Å². The molecule has 2 rings (SSSR count). The summed E-state index contributed by atoms with van der Waals surface area (Å²) in [5.41, 5.74) is 1.15. The van der Waals surface area contributed by atoms with Gasteiger partial charge in [-0.05, 0) is 6.07 Å². The van der Waals surface area contributed by atoms with Crippen molar-refractivity contribution in [3.63, 3.8) is 0 Å². The summed E-state index contributed by atoms with van der Waals surface area (Å²) >= 11 is 1.60. The van der Waals surface area contributed by atoms with Crippen molar-refractivity contribution in [1.29, 1.82) is 0 Å². The molecule has 6 heteroatoms. The highest BCUT2D eigenvalue weighted by Crippen LogP contribution is 2.21. The van der Waals surface area contributed by atoms with E-state index in [0.29, 0.717) is 0 Å². The van der Waals surface area contributed by atoms with Crippen LogP contribution in [0.2, 0.25) is 0 Å². The van der Waals surface area contributed by atoms with Gasteiger partial charge in [-0.3, -0.25) is 5.10 Å². The van der Waals surface area contributed by atoms with Crippen LogP contribution in [0.5, 0.6) is 0 Å². The van der Waals surface area contributed by atoms with E-state index >= 15 is 0 Å². The van der Waals surface area contributed by atoms with Crippen LogP contribution in [0.15, 0.2) is 29.8 Å². The second kappa shape index (κ2) is 4.79. The van der Waals surface area contributed by atoms with E-state index in [0.717, 1.165) is 22.3 Å². The maximum Gasteiger partial charge on any atom is 0.183 e. The van der Waals surface area contributed by atoms with Gasteiger partial charge in [0.2, 0.25) is 0 Å². The molecule has 0 spiro atoms. The molecule has 0 unspecified atom stereocenters. The first kappa shape index (κ1) is 9.97. The molecule has 0 aliphatic heterocycles. The summed E-state index contributed by atoms with van der Waals surface area (Å²) in [5.74, 6) is 1.73. The summed E-state index contributed by atoms with van der Waals surface area (Å²) in [4.78, 5) is 8.27. The number of nitrogens with one attached hydrogen (secondary N) is 2. The van der Waals surface area contributed by atoms with Gasteiger partial charge in [0.25, 0.3) is 0 Å². The number of aromatic amines is 1. The third-order valence-corrected chi connectivity index (χ3v) is 2.81. The van der Waals surface area contributed by atoms with Gasteiger partial charge < -0.3 is 5.32 Å². The van der Waals surface area contributed by atoms with Crippen LogP contribution in [0.3, 0.4) is 0 Å². The summed E-state index contributed by atoms with van der Waals surface area (Å²) in [6.45, 7) is 0. The van der Waals surface area contributed by atoms with E-state index in [2.05, 4.69) is 25.5 Å². The Morgan fingerprint density at radius 1 is 1.47 bits per heavy atom. The fourth-order valence-electron chi connectivity index (χ4n) is 1.19. The van der Waals surface area contributed by atoms with Crippen molar-refractivity contribution in [2.24, 2.45) is 0 Å². The lowest BCUT2D eigenvalue weighted by atomic mass is 10.3. The van der Waals surface area contributed by atoms with Crippen LogP contribution in [0.4, 0.5) is 5.82 Å². The molecule has 0 aliphatic carbocycles. The van der Waals surface area contributed by atoms with Crippen LogP contribution in [0, 0.1) is 0 Å². The molecule has 5 nitrogen and oxygen atoms in total. The summed E-state index contributed by atoms with van der Waals surface area (Å²) in [6.07, 6.45) is 3.28. The Bertz CT molecular complexity index is 414. The molecule has 0 saturated carbocycles. The van der Waals surface area contributed by atoms with E-state index in [-0.39, 0.29) is 0 Å². The van der Waals surface area contributed by atoms with Crippen LogP contribution < -0.4 is 5.32 Å². The highest BCUT2D eigenvalue weighted by molar-refractivity contribution is 7.98. The Balaban J connectivity index is 2.04. The number of rotatable bonds is 4. The normalized spacial score (nSPS) is 10.2. The first-order valence-electron chi connectivity index (χ1n) is 4.50. The zero-order chi connectivity index (χ0) is 10.5. The van der Waals surface area contributed by atoms with Gasteiger partial charge in [-0.25, -0.2) is 9.97 Å².